The second-order valence-corrected chi connectivity index (χ2v) is 34.6. The lowest BCUT2D eigenvalue weighted by atomic mass is 10.0. The molecule has 0 heterocycles. The van der Waals surface area contributed by atoms with E-state index in [0.29, 0.717) is 25.7 Å². The number of carbonyl (C=O) groups is 4. The number of rotatable bonds is 82. The Kier molecular flexibility index (Phi) is 72.8. The third-order valence-electron chi connectivity index (χ3n) is 19.6. The molecule has 0 aromatic rings. The van der Waals surface area contributed by atoms with E-state index in [-0.39, 0.29) is 25.7 Å². The van der Waals surface area contributed by atoms with Crippen LogP contribution in [0.25, 0.3) is 0 Å². The predicted molar refractivity (Wildman–Crippen MR) is 423 cm³/mol. The minimum Gasteiger partial charge on any atom is -0.462 e. The van der Waals surface area contributed by atoms with Crippen molar-refractivity contribution in [1.29, 1.82) is 0 Å². The van der Waals surface area contributed by atoms with Crippen LogP contribution in [0.1, 0.15) is 440 Å². The van der Waals surface area contributed by atoms with E-state index in [1.165, 1.54) is 250 Å². The first kappa shape index (κ1) is 101. The van der Waals surface area contributed by atoms with Crippen LogP contribution in [0.4, 0.5) is 0 Å². The maximum Gasteiger partial charge on any atom is 0.472 e. The molecule has 0 aliphatic heterocycles. The largest absolute Gasteiger partial charge is 0.472 e. The van der Waals surface area contributed by atoms with Crippen LogP contribution in [0.15, 0.2) is 0 Å². The zero-order chi connectivity index (χ0) is 75.8. The molecule has 19 heteroatoms. The first-order valence-electron chi connectivity index (χ1n) is 43.3. The molecule has 0 amide bonds. The number of unbranched alkanes of at least 4 members (excludes halogenated alkanes) is 50. The second-order valence-electron chi connectivity index (χ2n) is 31.6. The summed E-state index contributed by atoms with van der Waals surface area (Å²) in [5, 5.41) is 10.7. The van der Waals surface area contributed by atoms with Gasteiger partial charge in [0, 0.05) is 25.7 Å². The quantitative estimate of drug-likeness (QED) is 0.0222. The van der Waals surface area contributed by atoms with Crippen molar-refractivity contribution in [2.75, 3.05) is 39.6 Å². The maximum absolute atomic E-state index is 13.1. The molecule has 0 saturated carbocycles. The summed E-state index contributed by atoms with van der Waals surface area (Å²) in [6.45, 7) is 12.0. The Morgan fingerprint density at radius 3 is 0.660 bits per heavy atom. The van der Waals surface area contributed by atoms with Crippen molar-refractivity contribution < 1.29 is 80.2 Å². The van der Waals surface area contributed by atoms with Crippen molar-refractivity contribution in [3.05, 3.63) is 0 Å². The number of phosphoric acid groups is 2. The van der Waals surface area contributed by atoms with Crippen LogP contribution >= 0.6 is 15.6 Å². The van der Waals surface area contributed by atoms with Gasteiger partial charge in [0.15, 0.2) is 12.2 Å². The highest BCUT2D eigenvalue weighted by atomic mass is 31.2. The van der Waals surface area contributed by atoms with Crippen molar-refractivity contribution in [2.45, 2.75) is 458 Å². The van der Waals surface area contributed by atoms with E-state index >= 15 is 0 Å². The third-order valence-corrected chi connectivity index (χ3v) is 21.5. The Bertz CT molecular complexity index is 1990. The van der Waals surface area contributed by atoms with Gasteiger partial charge < -0.3 is 33.8 Å². The summed E-state index contributed by atoms with van der Waals surface area (Å²) in [6.07, 6.45) is 63.9. The van der Waals surface area contributed by atoms with Crippen molar-refractivity contribution in [1.82, 2.24) is 0 Å². The maximum atomic E-state index is 13.1. The molecular weight excluding hydrogens is 1340 g/mol. The van der Waals surface area contributed by atoms with Crippen LogP contribution < -0.4 is 0 Å². The third kappa shape index (κ3) is 78.0. The number of ether oxygens (including phenoxy) is 4. The first-order chi connectivity index (χ1) is 49.7. The molecule has 0 rings (SSSR count). The lowest BCUT2D eigenvalue weighted by molar-refractivity contribution is -0.161. The van der Waals surface area contributed by atoms with E-state index in [1.54, 1.807) is 0 Å². The summed E-state index contributed by atoms with van der Waals surface area (Å²) in [5.74, 6) is 0.195. The molecule has 103 heavy (non-hydrogen) atoms. The molecule has 5 atom stereocenters. The number of phosphoric ester groups is 2. The zero-order valence-electron chi connectivity index (χ0n) is 67.8. The molecule has 0 bridgehead atoms. The number of carbonyl (C=O) groups excluding carboxylic acids is 4. The minimum absolute atomic E-state index is 0.107. The fourth-order valence-corrected chi connectivity index (χ4v) is 14.6. The van der Waals surface area contributed by atoms with Gasteiger partial charge in [0.2, 0.25) is 0 Å². The summed E-state index contributed by atoms with van der Waals surface area (Å²) >= 11 is 0. The van der Waals surface area contributed by atoms with E-state index < -0.39 is 97.5 Å². The molecule has 0 aliphatic rings. The van der Waals surface area contributed by atoms with E-state index in [9.17, 15) is 43.2 Å². The Labute approximate surface area is 632 Å². The van der Waals surface area contributed by atoms with Crippen molar-refractivity contribution in [3.63, 3.8) is 0 Å². The normalized spacial score (nSPS) is 13.9. The molecule has 0 aromatic carbocycles. The first-order valence-corrected chi connectivity index (χ1v) is 46.3. The van der Waals surface area contributed by atoms with Crippen LogP contribution in [0.3, 0.4) is 0 Å². The minimum atomic E-state index is -4.96. The molecule has 612 valence electrons. The van der Waals surface area contributed by atoms with E-state index in [4.69, 9.17) is 37.0 Å². The smallest absolute Gasteiger partial charge is 0.462 e. The fourth-order valence-electron chi connectivity index (χ4n) is 13.0. The van der Waals surface area contributed by atoms with Gasteiger partial charge in [0.25, 0.3) is 0 Å². The number of aliphatic hydroxyl groups excluding tert-OH is 1. The lowest BCUT2D eigenvalue weighted by Gasteiger charge is -2.21. The highest BCUT2D eigenvalue weighted by Crippen LogP contribution is 2.45. The molecule has 0 aliphatic carbocycles. The molecule has 0 saturated heterocycles. The molecule has 17 nitrogen and oxygen atoms in total. The summed E-state index contributed by atoms with van der Waals surface area (Å²) in [4.78, 5) is 73.2. The summed E-state index contributed by atoms with van der Waals surface area (Å²) in [7, 11) is -9.93. The van der Waals surface area contributed by atoms with Crippen LogP contribution in [0.5, 0.6) is 0 Å². The predicted octanol–water partition coefficient (Wildman–Crippen LogP) is 25.3. The van der Waals surface area contributed by atoms with Gasteiger partial charge in [-0.3, -0.25) is 37.3 Å². The highest BCUT2D eigenvalue weighted by molar-refractivity contribution is 7.47. The number of esters is 4. The van der Waals surface area contributed by atoms with Gasteiger partial charge in [0.1, 0.15) is 19.3 Å². The number of hydrogen-bond donors (Lipinski definition) is 3. The SMILES string of the molecule is CCCCCCCCCCCCCCCCCCCCCCCC(=O)O[C@H](COC(=O)CCCCCCCCCCCCCCC(C)C)COP(=O)(O)OC[C@@H](O)COP(=O)(O)OC[C@@H](COC(=O)CCCCCCCCCCCC(C)C)OC(=O)CCCCCCCCCCCCCCC(C)C. The van der Waals surface area contributed by atoms with Crippen LogP contribution in [0, 0.1) is 17.8 Å². The van der Waals surface area contributed by atoms with Gasteiger partial charge in [-0.25, -0.2) is 9.13 Å². The van der Waals surface area contributed by atoms with Gasteiger partial charge in [-0.2, -0.15) is 0 Å². The number of aliphatic hydroxyl groups is 1. The Morgan fingerprint density at radius 2 is 0.447 bits per heavy atom. The van der Waals surface area contributed by atoms with Crippen LogP contribution in [-0.4, -0.2) is 96.7 Å². The molecule has 0 fully saturated rings. The number of hydrogen-bond acceptors (Lipinski definition) is 15. The Morgan fingerprint density at radius 1 is 0.262 bits per heavy atom. The topological polar surface area (TPSA) is 237 Å². The molecule has 0 radical (unpaired) electrons. The van der Waals surface area contributed by atoms with E-state index in [1.807, 2.05) is 0 Å². The van der Waals surface area contributed by atoms with Crippen LogP contribution in [0.2, 0.25) is 0 Å². The zero-order valence-corrected chi connectivity index (χ0v) is 69.6. The summed E-state index contributed by atoms with van der Waals surface area (Å²) in [5.41, 5.74) is 0. The van der Waals surface area contributed by atoms with Gasteiger partial charge >= 0.3 is 39.5 Å². The molecule has 2 unspecified atom stereocenters. The average Bonchev–Trinajstić information content (AvgIpc) is 0.906. The highest BCUT2D eigenvalue weighted by Gasteiger charge is 2.30. The van der Waals surface area contributed by atoms with E-state index in [2.05, 4.69) is 48.5 Å². The van der Waals surface area contributed by atoms with Crippen molar-refractivity contribution in [3.8, 4) is 0 Å². The average molecular weight is 1510 g/mol. The Balaban J connectivity index is 5.25. The molecule has 0 aromatic heterocycles. The van der Waals surface area contributed by atoms with Gasteiger partial charge in [-0.1, -0.05) is 389 Å². The summed E-state index contributed by atoms with van der Waals surface area (Å²) < 4.78 is 68.8. The fraction of sp³-hybridized carbons (Fsp3) is 0.952. The van der Waals surface area contributed by atoms with Gasteiger partial charge in [-0.05, 0) is 43.4 Å². The summed E-state index contributed by atoms with van der Waals surface area (Å²) in [6, 6.07) is 0. The van der Waals surface area contributed by atoms with Crippen molar-refractivity contribution in [2.24, 2.45) is 17.8 Å². The van der Waals surface area contributed by atoms with Crippen LogP contribution in [-0.2, 0) is 65.4 Å². The monoisotopic (exact) mass is 1510 g/mol. The van der Waals surface area contributed by atoms with Crippen molar-refractivity contribution >= 4 is 39.5 Å². The lowest BCUT2D eigenvalue weighted by Crippen LogP contribution is -2.30. The molecule has 3 N–H and O–H groups in total. The second kappa shape index (κ2) is 74.2. The van der Waals surface area contributed by atoms with Gasteiger partial charge in [-0.15, -0.1) is 0 Å². The van der Waals surface area contributed by atoms with Gasteiger partial charge in [0.05, 0.1) is 26.4 Å². The molecular formula is C84H164O17P2. The standard InChI is InChI=1S/C84H164O17P2/c1-8-9-10-11-12-13-14-15-16-17-18-19-20-21-22-23-31-38-46-53-60-67-83(88)100-79(71-94-81(86)65-58-51-44-37-30-26-24-28-34-41-48-55-62-75(2)3)73-98-102(90,91)96-69-78(85)70-97-103(92,93)99-74-80(72-95-82(87)66-59-52-45-40-33-36-43-50-57-64-77(6)7)101-84(89)68-61-54-47-39-32-27-25-29-35-42-49-56-63-76(4)5/h75-80,85H,8-74H2,1-7H3,(H,90,91)(H,92,93)/t78-,79-,80-/m1/s1. The molecule has 0 spiro atoms. The Hall–Kier alpha value is -1.94. The van der Waals surface area contributed by atoms with E-state index in [0.717, 1.165) is 108 Å².